The van der Waals surface area contributed by atoms with Crippen molar-refractivity contribution >= 4 is 15.7 Å². The number of nitrogens with zero attached hydrogens (tertiary/aromatic N) is 1. The maximum atomic E-state index is 12.3. The average molecular weight is 259 g/mol. The molecule has 2 fully saturated rings. The molecule has 0 aliphatic carbocycles. The van der Waals surface area contributed by atoms with Crippen LogP contribution >= 0.6 is 0 Å². The van der Waals surface area contributed by atoms with Crippen LogP contribution in [0.5, 0.6) is 0 Å². The van der Waals surface area contributed by atoms with Crippen LogP contribution in [-0.2, 0) is 14.6 Å². The first-order chi connectivity index (χ1) is 8.11. The van der Waals surface area contributed by atoms with Gasteiger partial charge in [-0.25, -0.2) is 8.42 Å². The fourth-order valence-corrected chi connectivity index (χ4v) is 4.60. The highest BCUT2D eigenvalue weighted by atomic mass is 32.2. The molecule has 1 unspecified atom stereocenters. The molecule has 2 saturated heterocycles. The Morgan fingerprint density at radius 2 is 1.59 bits per heavy atom. The summed E-state index contributed by atoms with van der Waals surface area (Å²) in [6.07, 6.45) is 6.44. The number of carbonyl (C=O) groups excluding carboxylic acids is 1. The normalized spacial score (nSPS) is 29.6. The van der Waals surface area contributed by atoms with Crippen molar-refractivity contribution in [3.63, 3.8) is 0 Å². The molecule has 2 aliphatic rings. The lowest BCUT2D eigenvalue weighted by Crippen LogP contribution is -2.45. The summed E-state index contributed by atoms with van der Waals surface area (Å²) in [5, 5.41) is -0.741. The molecule has 0 aromatic carbocycles. The molecule has 5 heteroatoms. The Kier molecular flexibility index (Phi) is 4.07. The summed E-state index contributed by atoms with van der Waals surface area (Å²) in [4.78, 5) is 14.0. The molecule has 0 bridgehead atoms. The molecule has 1 atom stereocenters. The molecule has 0 aromatic heterocycles. The van der Waals surface area contributed by atoms with E-state index < -0.39 is 15.1 Å². The lowest BCUT2D eigenvalue weighted by molar-refractivity contribution is -0.130. The van der Waals surface area contributed by atoms with Crippen molar-refractivity contribution in [2.75, 3.05) is 18.8 Å². The van der Waals surface area contributed by atoms with Crippen molar-refractivity contribution in [3.05, 3.63) is 0 Å². The highest BCUT2D eigenvalue weighted by Crippen LogP contribution is 2.22. The molecule has 2 aliphatic heterocycles. The van der Waals surface area contributed by atoms with E-state index in [-0.39, 0.29) is 11.7 Å². The first kappa shape index (κ1) is 12.9. The number of rotatable bonds is 1. The number of amides is 1. The van der Waals surface area contributed by atoms with Gasteiger partial charge in [0.2, 0.25) is 5.91 Å². The summed E-state index contributed by atoms with van der Waals surface area (Å²) in [5.41, 5.74) is 0. The SMILES string of the molecule is O=C(C1CCCCS1(=O)=O)N1CCCCCC1. The van der Waals surface area contributed by atoms with Gasteiger partial charge in [-0.3, -0.25) is 4.79 Å². The summed E-state index contributed by atoms with van der Waals surface area (Å²) < 4.78 is 23.8. The lowest BCUT2D eigenvalue weighted by atomic mass is 10.1. The van der Waals surface area contributed by atoms with Crippen LogP contribution in [0, 0.1) is 0 Å². The van der Waals surface area contributed by atoms with Crippen molar-refractivity contribution in [1.82, 2.24) is 4.90 Å². The van der Waals surface area contributed by atoms with Crippen molar-refractivity contribution in [1.29, 1.82) is 0 Å². The second-order valence-electron chi connectivity index (χ2n) is 5.09. The van der Waals surface area contributed by atoms with Crippen LogP contribution in [0.3, 0.4) is 0 Å². The zero-order chi connectivity index (χ0) is 12.3. The standard InChI is InChI=1S/C12H21NO3S/c14-12(13-8-4-1-2-5-9-13)11-7-3-6-10-17(11,15)16/h11H,1-10H2. The Hall–Kier alpha value is -0.580. The van der Waals surface area contributed by atoms with Gasteiger partial charge in [0.15, 0.2) is 9.84 Å². The van der Waals surface area contributed by atoms with E-state index in [1.54, 1.807) is 4.90 Å². The van der Waals surface area contributed by atoms with E-state index in [2.05, 4.69) is 0 Å². The minimum absolute atomic E-state index is 0.133. The minimum Gasteiger partial charge on any atom is -0.342 e. The van der Waals surface area contributed by atoms with Crippen molar-refractivity contribution in [2.24, 2.45) is 0 Å². The second-order valence-corrected chi connectivity index (χ2v) is 7.39. The monoisotopic (exact) mass is 259 g/mol. The molecule has 4 nitrogen and oxygen atoms in total. The van der Waals surface area contributed by atoms with E-state index >= 15 is 0 Å². The fraction of sp³-hybridized carbons (Fsp3) is 0.917. The summed E-state index contributed by atoms with van der Waals surface area (Å²) >= 11 is 0. The summed E-state index contributed by atoms with van der Waals surface area (Å²) in [6, 6.07) is 0. The molecule has 17 heavy (non-hydrogen) atoms. The van der Waals surface area contributed by atoms with E-state index in [0.29, 0.717) is 12.8 Å². The quantitative estimate of drug-likeness (QED) is 0.714. The Labute approximate surface area is 103 Å². The predicted octanol–water partition coefficient (Wildman–Crippen LogP) is 1.36. The van der Waals surface area contributed by atoms with Crippen molar-refractivity contribution < 1.29 is 13.2 Å². The van der Waals surface area contributed by atoms with E-state index in [9.17, 15) is 13.2 Å². The Morgan fingerprint density at radius 3 is 2.18 bits per heavy atom. The van der Waals surface area contributed by atoms with Crippen molar-refractivity contribution in [3.8, 4) is 0 Å². The van der Waals surface area contributed by atoms with Crippen LogP contribution in [0.2, 0.25) is 0 Å². The minimum atomic E-state index is -3.18. The molecule has 0 spiro atoms. The van der Waals surface area contributed by atoms with Gasteiger partial charge in [-0.2, -0.15) is 0 Å². The van der Waals surface area contributed by atoms with Gasteiger partial charge >= 0.3 is 0 Å². The molecule has 0 N–H and O–H groups in total. The molecule has 2 heterocycles. The number of likely N-dealkylation sites (tertiary alicyclic amines) is 1. The third-order valence-corrected chi connectivity index (χ3v) is 5.93. The molecule has 2 rings (SSSR count). The molecular weight excluding hydrogens is 238 g/mol. The molecular formula is C12H21NO3S. The van der Waals surface area contributed by atoms with Crippen LogP contribution in [-0.4, -0.2) is 43.3 Å². The van der Waals surface area contributed by atoms with Crippen LogP contribution in [0.25, 0.3) is 0 Å². The van der Waals surface area contributed by atoms with E-state index in [4.69, 9.17) is 0 Å². The third kappa shape index (κ3) is 3.00. The smallest absolute Gasteiger partial charge is 0.240 e. The van der Waals surface area contributed by atoms with E-state index in [1.807, 2.05) is 0 Å². The summed E-state index contributed by atoms with van der Waals surface area (Å²) in [6.45, 7) is 1.48. The van der Waals surface area contributed by atoms with Gasteiger partial charge in [0.1, 0.15) is 5.25 Å². The first-order valence-electron chi connectivity index (χ1n) is 6.61. The fourth-order valence-electron chi connectivity index (χ4n) is 2.73. The summed E-state index contributed by atoms with van der Waals surface area (Å²) in [7, 11) is -3.18. The van der Waals surface area contributed by atoms with Crippen LogP contribution in [0.4, 0.5) is 0 Å². The van der Waals surface area contributed by atoms with E-state index in [0.717, 1.165) is 45.2 Å². The van der Waals surface area contributed by atoms with Gasteiger partial charge < -0.3 is 4.90 Å². The van der Waals surface area contributed by atoms with E-state index in [1.165, 1.54) is 0 Å². The largest absolute Gasteiger partial charge is 0.342 e. The van der Waals surface area contributed by atoms with Gasteiger partial charge in [0.25, 0.3) is 0 Å². The average Bonchev–Trinajstić information content (AvgIpc) is 2.56. The highest BCUT2D eigenvalue weighted by molar-refractivity contribution is 7.92. The number of sulfone groups is 1. The van der Waals surface area contributed by atoms with Crippen LogP contribution in [0.15, 0.2) is 0 Å². The Bertz CT molecular complexity index is 369. The number of hydrogen-bond acceptors (Lipinski definition) is 3. The third-order valence-electron chi connectivity index (χ3n) is 3.77. The van der Waals surface area contributed by atoms with Crippen LogP contribution in [0.1, 0.15) is 44.9 Å². The van der Waals surface area contributed by atoms with Crippen LogP contribution < -0.4 is 0 Å². The van der Waals surface area contributed by atoms with Gasteiger partial charge in [-0.1, -0.05) is 19.3 Å². The van der Waals surface area contributed by atoms with Gasteiger partial charge in [-0.05, 0) is 25.7 Å². The molecule has 1 amide bonds. The predicted molar refractivity (Wildman–Crippen MR) is 66.5 cm³/mol. The molecule has 0 radical (unpaired) electrons. The first-order valence-corrected chi connectivity index (χ1v) is 8.33. The Morgan fingerprint density at radius 1 is 0.941 bits per heavy atom. The lowest BCUT2D eigenvalue weighted by Gasteiger charge is -2.28. The zero-order valence-electron chi connectivity index (χ0n) is 10.2. The van der Waals surface area contributed by atoms with Gasteiger partial charge in [0.05, 0.1) is 5.75 Å². The zero-order valence-corrected chi connectivity index (χ0v) is 11.0. The number of hydrogen-bond donors (Lipinski definition) is 0. The maximum Gasteiger partial charge on any atom is 0.240 e. The maximum absolute atomic E-state index is 12.3. The molecule has 98 valence electrons. The highest BCUT2D eigenvalue weighted by Gasteiger charge is 2.37. The molecule has 0 saturated carbocycles. The summed E-state index contributed by atoms with van der Waals surface area (Å²) in [5.74, 6) is 0.0589. The topological polar surface area (TPSA) is 54.5 Å². The molecule has 0 aromatic rings. The second kappa shape index (κ2) is 5.38. The number of carbonyl (C=O) groups is 1. The van der Waals surface area contributed by atoms with Gasteiger partial charge in [-0.15, -0.1) is 0 Å². The van der Waals surface area contributed by atoms with Gasteiger partial charge in [0, 0.05) is 13.1 Å². The Balaban J connectivity index is 2.07. The van der Waals surface area contributed by atoms with Crippen molar-refractivity contribution in [2.45, 2.75) is 50.2 Å².